The molecule has 2 rings (SSSR count). The maximum Gasteiger partial charge on any atom is 0.338 e. The summed E-state index contributed by atoms with van der Waals surface area (Å²) in [6, 6.07) is 5.27. The zero-order chi connectivity index (χ0) is 16.1. The molecule has 0 heterocycles. The number of hydrogen-bond acceptors (Lipinski definition) is 4. The molecule has 0 radical (unpaired) electrons. The lowest BCUT2D eigenvalue weighted by molar-refractivity contribution is -0.135. The van der Waals surface area contributed by atoms with Crippen molar-refractivity contribution < 1.29 is 14.3 Å². The topological polar surface area (TPSA) is 72.6 Å². The van der Waals surface area contributed by atoms with Crippen molar-refractivity contribution in [1.82, 2.24) is 4.90 Å². The first-order valence-electron chi connectivity index (χ1n) is 7.78. The van der Waals surface area contributed by atoms with E-state index in [0.717, 1.165) is 31.2 Å². The van der Waals surface area contributed by atoms with Gasteiger partial charge in [-0.05, 0) is 37.5 Å². The van der Waals surface area contributed by atoms with Gasteiger partial charge in [-0.2, -0.15) is 0 Å². The van der Waals surface area contributed by atoms with Crippen molar-refractivity contribution in [3.63, 3.8) is 0 Å². The highest BCUT2D eigenvalue weighted by atomic mass is 16.5. The molecular formula is C17H24N2O3. The van der Waals surface area contributed by atoms with Crippen LogP contribution in [0.3, 0.4) is 0 Å². The number of hydrogen-bond donors (Lipinski definition) is 1. The Labute approximate surface area is 131 Å². The van der Waals surface area contributed by atoms with E-state index in [-0.39, 0.29) is 18.6 Å². The van der Waals surface area contributed by atoms with Gasteiger partial charge in [0.2, 0.25) is 0 Å². The summed E-state index contributed by atoms with van der Waals surface area (Å²) in [6.07, 6.45) is 5.62. The summed E-state index contributed by atoms with van der Waals surface area (Å²) in [5, 5.41) is 0. The SMILES string of the molecule is Cc1ccc(C(=O)OCC(=O)N(C)C2CCCCC2)cc1N. The van der Waals surface area contributed by atoms with Gasteiger partial charge in [0.05, 0.1) is 5.56 Å². The third-order valence-electron chi connectivity index (χ3n) is 4.36. The van der Waals surface area contributed by atoms with E-state index in [4.69, 9.17) is 10.5 Å². The molecule has 0 aliphatic heterocycles. The Balaban J connectivity index is 1.87. The lowest BCUT2D eigenvalue weighted by Crippen LogP contribution is -2.40. The number of amides is 1. The molecule has 0 atom stereocenters. The van der Waals surface area contributed by atoms with E-state index in [1.165, 1.54) is 6.42 Å². The quantitative estimate of drug-likeness (QED) is 0.685. The van der Waals surface area contributed by atoms with Crippen molar-refractivity contribution in [2.75, 3.05) is 19.4 Å². The fourth-order valence-corrected chi connectivity index (χ4v) is 2.75. The van der Waals surface area contributed by atoms with Crippen LogP contribution in [0.25, 0.3) is 0 Å². The number of nitrogens with zero attached hydrogens (tertiary/aromatic N) is 1. The molecule has 1 amide bonds. The second-order valence-corrected chi connectivity index (χ2v) is 5.94. The molecular weight excluding hydrogens is 280 g/mol. The second kappa shape index (κ2) is 7.29. The molecule has 5 heteroatoms. The number of likely N-dealkylation sites (N-methyl/N-ethyl adjacent to an activating group) is 1. The lowest BCUT2D eigenvalue weighted by atomic mass is 9.94. The Morgan fingerprint density at radius 2 is 1.95 bits per heavy atom. The van der Waals surface area contributed by atoms with Crippen LogP contribution in [0, 0.1) is 6.92 Å². The molecule has 0 unspecified atom stereocenters. The standard InChI is InChI=1S/C17H24N2O3/c1-12-8-9-13(10-15(12)18)17(21)22-11-16(20)19(2)14-6-4-3-5-7-14/h8-10,14H,3-7,11,18H2,1-2H3. The summed E-state index contributed by atoms with van der Waals surface area (Å²) < 4.78 is 5.11. The maximum absolute atomic E-state index is 12.1. The van der Waals surface area contributed by atoms with Crippen LogP contribution in [-0.2, 0) is 9.53 Å². The molecule has 1 aliphatic rings. The maximum atomic E-state index is 12.1. The first-order valence-corrected chi connectivity index (χ1v) is 7.78. The summed E-state index contributed by atoms with van der Waals surface area (Å²) in [5.74, 6) is -0.669. The Hall–Kier alpha value is -2.04. The minimum atomic E-state index is -0.517. The van der Waals surface area contributed by atoms with Crippen molar-refractivity contribution in [3.05, 3.63) is 29.3 Å². The molecule has 22 heavy (non-hydrogen) atoms. The average molecular weight is 304 g/mol. The van der Waals surface area contributed by atoms with Gasteiger partial charge in [-0.1, -0.05) is 25.3 Å². The van der Waals surface area contributed by atoms with Gasteiger partial charge < -0.3 is 15.4 Å². The van der Waals surface area contributed by atoms with Gasteiger partial charge >= 0.3 is 5.97 Å². The molecule has 5 nitrogen and oxygen atoms in total. The first-order chi connectivity index (χ1) is 10.5. The van der Waals surface area contributed by atoms with Gasteiger partial charge in [0.1, 0.15) is 0 Å². The van der Waals surface area contributed by atoms with Gasteiger partial charge in [-0.15, -0.1) is 0 Å². The van der Waals surface area contributed by atoms with E-state index in [2.05, 4.69) is 0 Å². The summed E-state index contributed by atoms with van der Waals surface area (Å²) in [4.78, 5) is 25.8. The highest BCUT2D eigenvalue weighted by Crippen LogP contribution is 2.21. The van der Waals surface area contributed by atoms with Crippen LogP contribution in [0.5, 0.6) is 0 Å². The van der Waals surface area contributed by atoms with Crippen LogP contribution in [0.15, 0.2) is 18.2 Å². The molecule has 0 saturated heterocycles. The van der Waals surface area contributed by atoms with Gasteiger partial charge in [-0.25, -0.2) is 4.79 Å². The van der Waals surface area contributed by atoms with Crippen LogP contribution < -0.4 is 5.73 Å². The lowest BCUT2D eigenvalue weighted by Gasteiger charge is -2.31. The van der Waals surface area contributed by atoms with Crippen molar-refractivity contribution in [3.8, 4) is 0 Å². The summed E-state index contributed by atoms with van der Waals surface area (Å²) >= 11 is 0. The number of carbonyl (C=O) groups excluding carboxylic acids is 2. The zero-order valence-electron chi connectivity index (χ0n) is 13.3. The second-order valence-electron chi connectivity index (χ2n) is 5.94. The number of carbonyl (C=O) groups is 2. The molecule has 0 spiro atoms. The number of nitrogens with two attached hydrogens (primary N) is 1. The third kappa shape index (κ3) is 4.00. The van der Waals surface area contributed by atoms with E-state index in [0.29, 0.717) is 11.3 Å². The van der Waals surface area contributed by atoms with Gasteiger partial charge in [-0.3, -0.25) is 4.79 Å². The minimum absolute atomic E-state index is 0.152. The van der Waals surface area contributed by atoms with Crippen LogP contribution >= 0.6 is 0 Å². The van der Waals surface area contributed by atoms with E-state index in [1.54, 1.807) is 30.1 Å². The molecule has 0 bridgehead atoms. The van der Waals surface area contributed by atoms with Crippen molar-refractivity contribution in [2.45, 2.75) is 45.1 Å². The highest BCUT2D eigenvalue weighted by molar-refractivity contribution is 5.92. The fourth-order valence-electron chi connectivity index (χ4n) is 2.75. The fraction of sp³-hybridized carbons (Fsp3) is 0.529. The summed E-state index contributed by atoms with van der Waals surface area (Å²) in [6.45, 7) is 1.65. The predicted molar refractivity (Wildman–Crippen MR) is 85.5 cm³/mol. The van der Waals surface area contributed by atoms with E-state index < -0.39 is 5.97 Å². The van der Waals surface area contributed by atoms with Crippen LogP contribution in [0.1, 0.15) is 48.0 Å². The Morgan fingerprint density at radius 1 is 1.27 bits per heavy atom. The monoisotopic (exact) mass is 304 g/mol. The molecule has 1 aromatic carbocycles. The smallest absolute Gasteiger partial charge is 0.338 e. The Kier molecular flexibility index (Phi) is 5.41. The number of ether oxygens (including phenoxy) is 1. The zero-order valence-corrected chi connectivity index (χ0v) is 13.3. The van der Waals surface area contributed by atoms with E-state index >= 15 is 0 Å². The summed E-state index contributed by atoms with van der Waals surface area (Å²) in [5.41, 5.74) is 7.60. The Bertz CT molecular complexity index is 551. The molecule has 1 aliphatic carbocycles. The molecule has 1 fully saturated rings. The largest absolute Gasteiger partial charge is 0.452 e. The molecule has 1 saturated carbocycles. The minimum Gasteiger partial charge on any atom is -0.452 e. The normalized spacial score (nSPS) is 15.4. The number of aryl methyl sites for hydroxylation is 1. The van der Waals surface area contributed by atoms with Crippen LogP contribution in [0.2, 0.25) is 0 Å². The molecule has 0 aromatic heterocycles. The summed E-state index contributed by atoms with van der Waals surface area (Å²) in [7, 11) is 1.79. The number of esters is 1. The van der Waals surface area contributed by atoms with Crippen molar-refractivity contribution in [2.24, 2.45) is 0 Å². The Morgan fingerprint density at radius 3 is 2.59 bits per heavy atom. The van der Waals surface area contributed by atoms with Crippen LogP contribution in [0.4, 0.5) is 5.69 Å². The number of rotatable bonds is 4. The molecule has 120 valence electrons. The molecule has 1 aromatic rings. The third-order valence-corrected chi connectivity index (χ3v) is 4.36. The first kappa shape index (κ1) is 16.3. The van der Waals surface area contributed by atoms with Crippen LogP contribution in [-0.4, -0.2) is 36.5 Å². The number of nitrogen functional groups attached to an aromatic ring is 1. The average Bonchev–Trinajstić information content (AvgIpc) is 2.54. The predicted octanol–water partition coefficient (Wildman–Crippen LogP) is 2.53. The van der Waals surface area contributed by atoms with Crippen molar-refractivity contribution >= 4 is 17.6 Å². The number of anilines is 1. The van der Waals surface area contributed by atoms with E-state index in [9.17, 15) is 9.59 Å². The number of benzene rings is 1. The highest BCUT2D eigenvalue weighted by Gasteiger charge is 2.23. The van der Waals surface area contributed by atoms with Gasteiger partial charge in [0, 0.05) is 18.8 Å². The van der Waals surface area contributed by atoms with E-state index in [1.807, 2.05) is 6.92 Å². The van der Waals surface area contributed by atoms with Gasteiger partial charge in [0.25, 0.3) is 5.91 Å². The molecule has 2 N–H and O–H groups in total. The van der Waals surface area contributed by atoms with Gasteiger partial charge in [0.15, 0.2) is 6.61 Å². The van der Waals surface area contributed by atoms with Crippen molar-refractivity contribution in [1.29, 1.82) is 0 Å².